The predicted molar refractivity (Wildman–Crippen MR) is 69.0 cm³/mol. The van der Waals surface area contributed by atoms with Crippen molar-refractivity contribution >= 4 is 17.3 Å². The van der Waals surface area contributed by atoms with Gasteiger partial charge in [-0.15, -0.1) is 0 Å². The van der Waals surface area contributed by atoms with Crippen molar-refractivity contribution in [2.24, 2.45) is 0 Å². The molecular formula is C12H18FN3O2. The van der Waals surface area contributed by atoms with E-state index in [2.05, 4.69) is 5.32 Å². The van der Waals surface area contributed by atoms with Crippen LogP contribution in [0, 0.1) is 5.82 Å². The number of likely N-dealkylation sites (N-methyl/N-ethyl adjacent to an activating group) is 1. The van der Waals surface area contributed by atoms with Gasteiger partial charge in [0.25, 0.3) is 0 Å². The number of nitrogens with one attached hydrogen (secondary N) is 1. The molecule has 0 saturated carbocycles. The lowest BCUT2D eigenvalue weighted by atomic mass is 10.2. The van der Waals surface area contributed by atoms with Crippen LogP contribution in [0.5, 0.6) is 0 Å². The van der Waals surface area contributed by atoms with Crippen molar-refractivity contribution in [1.29, 1.82) is 0 Å². The zero-order valence-corrected chi connectivity index (χ0v) is 10.6. The average molecular weight is 255 g/mol. The minimum Gasteiger partial charge on any atom is -0.397 e. The third-order valence-corrected chi connectivity index (χ3v) is 2.41. The van der Waals surface area contributed by atoms with Crippen molar-refractivity contribution in [1.82, 2.24) is 5.32 Å². The number of halogens is 1. The summed E-state index contributed by atoms with van der Waals surface area (Å²) >= 11 is 0. The van der Waals surface area contributed by atoms with Crippen LogP contribution >= 0.6 is 0 Å². The summed E-state index contributed by atoms with van der Waals surface area (Å²) in [5, 5.41) is 2.69. The van der Waals surface area contributed by atoms with Crippen molar-refractivity contribution in [3.05, 3.63) is 24.0 Å². The Kier molecular flexibility index (Phi) is 5.38. The van der Waals surface area contributed by atoms with E-state index in [1.807, 2.05) is 0 Å². The second-order valence-corrected chi connectivity index (χ2v) is 3.90. The average Bonchev–Trinajstić information content (AvgIpc) is 2.28. The van der Waals surface area contributed by atoms with Crippen LogP contribution in [0.25, 0.3) is 0 Å². The molecule has 6 heteroatoms. The van der Waals surface area contributed by atoms with Crippen LogP contribution < -0.4 is 16.0 Å². The highest BCUT2D eigenvalue weighted by Gasteiger charge is 2.10. The third kappa shape index (κ3) is 4.21. The number of carbonyl (C=O) groups is 1. The number of hydrogen-bond donors (Lipinski definition) is 2. The van der Waals surface area contributed by atoms with Crippen molar-refractivity contribution in [3.8, 4) is 0 Å². The van der Waals surface area contributed by atoms with Gasteiger partial charge in [-0.2, -0.15) is 0 Å². The molecule has 0 heterocycles. The Morgan fingerprint density at radius 2 is 2.28 bits per heavy atom. The third-order valence-electron chi connectivity index (χ3n) is 2.41. The zero-order valence-electron chi connectivity index (χ0n) is 10.6. The van der Waals surface area contributed by atoms with Gasteiger partial charge in [-0.3, -0.25) is 4.79 Å². The summed E-state index contributed by atoms with van der Waals surface area (Å²) in [5.41, 5.74) is 6.62. The van der Waals surface area contributed by atoms with E-state index in [1.54, 1.807) is 25.1 Å². The van der Waals surface area contributed by atoms with E-state index in [-0.39, 0.29) is 12.5 Å². The second kappa shape index (κ2) is 6.80. The van der Waals surface area contributed by atoms with Crippen LogP contribution in [0.3, 0.4) is 0 Å². The van der Waals surface area contributed by atoms with E-state index in [0.717, 1.165) is 0 Å². The van der Waals surface area contributed by atoms with Gasteiger partial charge < -0.3 is 20.7 Å². The molecule has 1 rings (SSSR count). The summed E-state index contributed by atoms with van der Waals surface area (Å²) < 4.78 is 17.7. The standard InChI is InChI=1S/C12H18FN3O2/c1-16(8-12(17)15-5-6-18-2)11-4-3-9(13)7-10(11)14/h3-4,7H,5-6,8,14H2,1-2H3,(H,15,17). The van der Waals surface area contributed by atoms with Crippen LogP contribution in [0.1, 0.15) is 0 Å². The Morgan fingerprint density at radius 3 is 2.89 bits per heavy atom. The topological polar surface area (TPSA) is 67.6 Å². The number of amides is 1. The van der Waals surface area contributed by atoms with E-state index >= 15 is 0 Å². The lowest BCUT2D eigenvalue weighted by Crippen LogP contribution is -2.36. The van der Waals surface area contributed by atoms with E-state index in [1.165, 1.54) is 12.1 Å². The Balaban J connectivity index is 2.54. The van der Waals surface area contributed by atoms with Crippen LogP contribution in [-0.4, -0.2) is 39.8 Å². The molecule has 1 amide bonds. The number of carbonyl (C=O) groups excluding carboxylic acids is 1. The zero-order chi connectivity index (χ0) is 13.5. The number of nitrogens with two attached hydrogens (primary N) is 1. The quantitative estimate of drug-likeness (QED) is 0.577. The molecule has 5 nitrogen and oxygen atoms in total. The summed E-state index contributed by atoms with van der Waals surface area (Å²) in [7, 11) is 3.29. The van der Waals surface area contributed by atoms with Gasteiger partial charge in [0.1, 0.15) is 5.82 Å². The van der Waals surface area contributed by atoms with Gasteiger partial charge in [-0.1, -0.05) is 0 Å². The maximum atomic E-state index is 12.9. The maximum absolute atomic E-state index is 12.9. The molecule has 0 aliphatic heterocycles. The highest BCUT2D eigenvalue weighted by molar-refractivity contribution is 5.82. The largest absolute Gasteiger partial charge is 0.397 e. The molecule has 1 aromatic carbocycles. The summed E-state index contributed by atoms with van der Waals surface area (Å²) in [5.74, 6) is -0.535. The molecule has 0 radical (unpaired) electrons. The molecule has 0 bridgehead atoms. The van der Waals surface area contributed by atoms with Crippen LogP contribution in [0.2, 0.25) is 0 Å². The second-order valence-electron chi connectivity index (χ2n) is 3.90. The highest BCUT2D eigenvalue weighted by atomic mass is 19.1. The summed E-state index contributed by atoms with van der Waals surface area (Å²) in [6.45, 7) is 1.08. The fourth-order valence-corrected chi connectivity index (χ4v) is 1.52. The Morgan fingerprint density at radius 1 is 1.56 bits per heavy atom. The summed E-state index contributed by atoms with van der Waals surface area (Å²) in [6, 6.07) is 4.09. The van der Waals surface area contributed by atoms with Gasteiger partial charge in [0.05, 0.1) is 24.5 Å². The fraction of sp³-hybridized carbons (Fsp3) is 0.417. The molecule has 3 N–H and O–H groups in total. The first-order valence-electron chi connectivity index (χ1n) is 5.56. The lowest BCUT2D eigenvalue weighted by molar-refractivity contribution is -0.119. The Labute approximate surface area is 106 Å². The lowest BCUT2D eigenvalue weighted by Gasteiger charge is -2.20. The molecule has 0 aliphatic carbocycles. The highest BCUT2D eigenvalue weighted by Crippen LogP contribution is 2.22. The number of nitrogen functional groups attached to an aromatic ring is 1. The first-order valence-corrected chi connectivity index (χ1v) is 5.56. The molecule has 0 fully saturated rings. The minimum absolute atomic E-state index is 0.140. The van der Waals surface area contributed by atoms with Crippen LogP contribution in [0.15, 0.2) is 18.2 Å². The molecule has 18 heavy (non-hydrogen) atoms. The van der Waals surface area contributed by atoms with E-state index in [9.17, 15) is 9.18 Å². The molecule has 0 aliphatic rings. The number of anilines is 2. The fourth-order valence-electron chi connectivity index (χ4n) is 1.52. The van der Waals surface area contributed by atoms with Crippen molar-refractivity contribution < 1.29 is 13.9 Å². The number of benzene rings is 1. The smallest absolute Gasteiger partial charge is 0.239 e. The first-order chi connectivity index (χ1) is 8.54. The van der Waals surface area contributed by atoms with Gasteiger partial charge in [0.15, 0.2) is 0 Å². The van der Waals surface area contributed by atoms with Crippen molar-refractivity contribution in [2.45, 2.75) is 0 Å². The monoisotopic (exact) mass is 255 g/mol. The van der Waals surface area contributed by atoms with Crippen LogP contribution in [0.4, 0.5) is 15.8 Å². The summed E-state index contributed by atoms with van der Waals surface area (Å²) in [4.78, 5) is 13.2. The van der Waals surface area contributed by atoms with Gasteiger partial charge in [-0.25, -0.2) is 4.39 Å². The number of methoxy groups -OCH3 is 1. The summed E-state index contributed by atoms with van der Waals surface area (Å²) in [6.07, 6.45) is 0. The normalized spacial score (nSPS) is 10.2. The first kappa shape index (κ1) is 14.2. The Hall–Kier alpha value is -1.82. The van der Waals surface area contributed by atoms with E-state index in [4.69, 9.17) is 10.5 Å². The molecule has 0 unspecified atom stereocenters. The maximum Gasteiger partial charge on any atom is 0.239 e. The van der Waals surface area contributed by atoms with Crippen LogP contribution in [-0.2, 0) is 9.53 Å². The molecule has 0 saturated heterocycles. The van der Waals surface area contributed by atoms with Crippen molar-refractivity contribution in [2.75, 3.05) is 44.5 Å². The number of hydrogen-bond acceptors (Lipinski definition) is 4. The molecular weight excluding hydrogens is 237 g/mol. The number of ether oxygens (including phenoxy) is 1. The number of nitrogens with zero attached hydrogens (tertiary/aromatic N) is 1. The molecule has 0 aromatic heterocycles. The molecule has 0 spiro atoms. The SMILES string of the molecule is COCCNC(=O)CN(C)c1ccc(F)cc1N. The van der Waals surface area contributed by atoms with Gasteiger partial charge in [0, 0.05) is 20.7 Å². The number of rotatable bonds is 6. The van der Waals surface area contributed by atoms with Gasteiger partial charge in [-0.05, 0) is 18.2 Å². The van der Waals surface area contributed by atoms with Gasteiger partial charge in [0.2, 0.25) is 5.91 Å². The van der Waals surface area contributed by atoms with E-state index in [0.29, 0.717) is 24.5 Å². The van der Waals surface area contributed by atoms with Gasteiger partial charge >= 0.3 is 0 Å². The molecule has 100 valence electrons. The predicted octanol–water partition coefficient (Wildman–Crippen LogP) is 0.607. The Bertz CT molecular complexity index is 412. The molecule has 1 aromatic rings. The van der Waals surface area contributed by atoms with Crippen molar-refractivity contribution in [3.63, 3.8) is 0 Å². The molecule has 0 atom stereocenters. The van der Waals surface area contributed by atoms with E-state index < -0.39 is 5.82 Å². The minimum atomic E-state index is -0.394.